The fourth-order valence-electron chi connectivity index (χ4n) is 3.78. The summed E-state index contributed by atoms with van der Waals surface area (Å²) in [5.74, 6) is 1.67. The monoisotopic (exact) mass is 317 g/mol. The maximum absolute atomic E-state index is 9.93. The van der Waals surface area contributed by atoms with E-state index in [1.807, 2.05) is 48.5 Å². The van der Waals surface area contributed by atoms with Gasteiger partial charge in [-0.2, -0.15) is 5.26 Å². The number of hydrogen-bond acceptors (Lipinski definition) is 3. The lowest BCUT2D eigenvalue weighted by Gasteiger charge is -2.47. The van der Waals surface area contributed by atoms with Gasteiger partial charge in [0, 0.05) is 23.0 Å². The molecule has 0 N–H and O–H groups in total. The van der Waals surface area contributed by atoms with Gasteiger partial charge in [-0.3, -0.25) is 0 Å². The van der Waals surface area contributed by atoms with E-state index in [2.05, 4.69) is 26.0 Å². The Bertz CT molecular complexity index is 846. The Morgan fingerprint density at radius 2 is 1.75 bits per heavy atom. The third kappa shape index (κ3) is 2.18. The van der Waals surface area contributed by atoms with Gasteiger partial charge in [-0.1, -0.05) is 48.5 Å². The van der Waals surface area contributed by atoms with E-state index in [4.69, 9.17) is 9.47 Å². The van der Waals surface area contributed by atoms with Gasteiger partial charge in [0.2, 0.25) is 0 Å². The number of nitriles is 1. The summed E-state index contributed by atoms with van der Waals surface area (Å²) in [6.45, 7) is 4.72. The third-order valence-electron chi connectivity index (χ3n) is 5.04. The highest BCUT2D eigenvalue weighted by atomic mass is 16.5. The van der Waals surface area contributed by atoms with Crippen molar-refractivity contribution in [3.05, 3.63) is 71.3 Å². The van der Waals surface area contributed by atoms with Crippen LogP contribution in [0, 0.1) is 17.2 Å². The van der Waals surface area contributed by atoms with E-state index in [0.717, 1.165) is 16.9 Å². The average Bonchev–Trinajstić information content (AvgIpc) is 2.61. The van der Waals surface area contributed by atoms with Crippen molar-refractivity contribution in [2.24, 2.45) is 5.92 Å². The van der Waals surface area contributed by atoms with Crippen molar-refractivity contribution in [2.45, 2.75) is 25.4 Å². The predicted molar refractivity (Wildman–Crippen MR) is 92.3 cm³/mol. The number of para-hydroxylation sites is 1. The molecule has 0 radical (unpaired) electrons. The van der Waals surface area contributed by atoms with Crippen molar-refractivity contribution in [2.75, 3.05) is 6.61 Å². The van der Waals surface area contributed by atoms with Gasteiger partial charge in [-0.05, 0) is 19.9 Å². The molecule has 2 heterocycles. The zero-order chi connectivity index (χ0) is 16.7. The molecule has 0 amide bonds. The molecule has 120 valence electrons. The minimum absolute atomic E-state index is 0.00101. The first kappa shape index (κ1) is 14.8. The molecule has 0 fully saturated rings. The molecule has 2 aromatic carbocycles. The van der Waals surface area contributed by atoms with E-state index in [-0.39, 0.29) is 11.8 Å². The molecule has 2 aliphatic rings. The first-order valence-corrected chi connectivity index (χ1v) is 8.22. The maximum Gasteiger partial charge on any atom is 0.141 e. The number of allylic oxidation sites excluding steroid dienone is 1. The second-order valence-corrected chi connectivity index (χ2v) is 6.86. The van der Waals surface area contributed by atoms with Crippen LogP contribution < -0.4 is 4.74 Å². The van der Waals surface area contributed by atoms with Gasteiger partial charge in [0.25, 0.3) is 0 Å². The highest BCUT2D eigenvalue weighted by Gasteiger charge is 2.49. The molecule has 2 aromatic rings. The first-order valence-electron chi connectivity index (χ1n) is 8.22. The fraction of sp³-hybridized carbons (Fsp3) is 0.286. The second-order valence-electron chi connectivity index (χ2n) is 6.86. The van der Waals surface area contributed by atoms with Crippen molar-refractivity contribution in [3.63, 3.8) is 0 Å². The molecule has 2 aliphatic heterocycles. The summed E-state index contributed by atoms with van der Waals surface area (Å²) in [5.41, 5.74) is 2.31. The Balaban J connectivity index is 1.96. The molecule has 4 rings (SSSR count). The molecular formula is C21H19NO2. The molecule has 3 heteroatoms. The first-order chi connectivity index (χ1) is 11.6. The van der Waals surface area contributed by atoms with Gasteiger partial charge >= 0.3 is 0 Å². The summed E-state index contributed by atoms with van der Waals surface area (Å²) in [4.78, 5) is 0. The van der Waals surface area contributed by atoms with Crippen LogP contribution in [0.25, 0.3) is 5.76 Å². The lowest BCUT2D eigenvalue weighted by molar-refractivity contribution is -0.0310. The van der Waals surface area contributed by atoms with Gasteiger partial charge in [0.05, 0.1) is 18.2 Å². The molecule has 0 bridgehead atoms. The van der Waals surface area contributed by atoms with Crippen LogP contribution in [0.3, 0.4) is 0 Å². The van der Waals surface area contributed by atoms with Crippen LogP contribution in [0.2, 0.25) is 0 Å². The smallest absolute Gasteiger partial charge is 0.141 e. The van der Waals surface area contributed by atoms with Gasteiger partial charge in [-0.15, -0.1) is 0 Å². The van der Waals surface area contributed by atoms with E-state index in [1.165, 1.54) is 0 Å². The summed E-state index contributed by atoms with van der Waals surface area (Å²) in [6, 6.07) is 20.3. The number of benzene rings is 2. The van der Waals surface area contributed by atoms with Crippen molar-refractivity contribution in [1.82, 2.24) is 0 Å². The normalized spacial score (nSPS) is 24.0. The van der Waals surface area contributed by atoms with Gasteiger partial charge < -0.3 is 9.47 Å². The number of fused-ring (bicyclic) bond motifs is 3. The van der Waals surface area contributed by atoms with Crippen LogP contribution in [0.15, 0.2) is 60.2 Å². The lowest BCUT2D eigenvalue weighted by atomic mass is 9.69. The van der Waals surface area contributed by atoms with Crippen LogP contribution in [-0.4, -0.2) is 12.2 Å². The Hall–Kier alpha value is -2.73. The topological polar surface area (TPSA) is 42.2 Å². The number of ether oxygens (including phenoxy) is 2. The lowest BCUT2D eigenvalue weighted by Crippen LogP contribution is -2.47. The standard InChI is InChI=1S/C21H19NO2/c1-21(2)17-13-23-18-11-7-6-10-15(18)19(17)16(12-22)20(24-21)14-8-4-3-5-9-14/h3-11,17,19H,13H2,1-2H3/t17-,19-/m0/s1. The van der Waals surface area contributed by atoms with Crippen LogP contribution in [-0.2, 0) is 4.74 Å². The molecule has 0 saturated carbocycles. The molecule has 24 heavy (non-hydrogen) atoms. The molecule has 0 saturated heterocycles. The fourth-order valence-corrected chi connectivity index (χ4v) is 3.78. The largest absolute Gasteiger partial charge is 0.493 e. The third-order valence-corrected chi connectivity index (χ3v) is 5.04. The zero-order valence-corrected chi connectivity index (χ0v) is 13.8. The van der Waals surface area contributed by atoms with Crippen LogP contribution in [0.1, 0.15) is 30.9 Å². The summed E-state index contributed by atoms with van der Waals surface area (Å²) >= 11 is 0. The van der Waals surface area contributed by atoms with E-state index in [1.54, 1.807) is 0 Å². The van der Waals surface area contributed by atoms with Gasteiger partial charge in [0.1, 0.15) is 17.1 Å². The summed E-state index contributed by atoms with van der Waals surface area (Å²) in [6.07, 6.45) is 0. The minimum atomic E-state index is -0.413. The number of nitrogens with zero attached hydrogens (tertiary/aromatic N) is 1. The van der Waals surface area contributed by atoms with Crippen molar-refractivity contribution in [1.29, 1.82) is 5.26 Å². The van der Waals surface area contributed by atoms with Gasteiger partial charge in [-0.25, -0.2) is 0 Å². The number of hydrogen-bond donors (Lipinski definition) is 0. The van der Waals surface area contributed by atoms with Crippen molar-refractivity contribution in [3.8, 4) is 11.8 Å². The Morgan fingerprint density at radius 3 is 2.50 bits per heavy atom. The average molecular weight is 317 g/mol. The highest BCUT2D eigenvalue weighted by molar-refractivity contribution is 5.71. The minimum Gasteiger partial charge on any atom is -0.493 e. The quantitative estimate of drug-likeness (QED) is 0.776. The molecule has 0 aliphatic carbocycles. The van der Waals surface area contributed by atoms with Crippen LogP contribution >= 0.6 is 0 Å². The van der Waals surface area contributed by atoms with E-state index >= 15 is 0 Å². The Morgan fingerprint density at radius 1 is 1.04 bits per heavy atom. The molecular weight excluding hydrogens is 298 g/mol. The van der Waals surface area contributed by atoms with E-state index < -0.39 is 5.60 Å². The molecule has 2 atom stereocenters. The molecule has 0 aromatic heterocycles. The Kier molecular flexibility index (Phi) is 3.35. The number of rotatable bonds is 1. The predicted octanol–water partition coefficient (Wildman–Crippen LogP) is 4.52. The van der Waals surface area contributed by atoms with Crippen LogP contribution in [0.5, 0.6) is 5.75 Å². The highest BCUT2D eigenvalue weighted by Crippen LogP contribution is 2.52. The van der Waals surface area contributed by atoms with Crippen LogP contribution in [0.4, 0.5) is 0 Å². The SMILES string of the molecule is CC1(C)OC(c2ccccc2)=C(C#N)[C@@H]2c3ccccc3OC[C@@H]21. The molecule has 0 unspecified atom stereocenters. The van der Waals surface area contributed by atoms with Crippen molar-refractivity contribution >= 4 is 5.76 Å². The Labute approximate surface area is 142 Å². The van der Waals surface area contributed by atoms with E-state index in [9.17, 15) is 5.26 Å². The van der Waals surface area contributed by atoms with E-state index in [0.29, 0.717) is 17.9 Å². The summed E-state index contributed by atoms with van der Waals surface area (Å²) < 4.78 is 12.3. The zero-order valence-electron chi connectivity index (χ0n) is 13.8. The van der Waals surface area contributed by atoms with Crippen molar-refractivity contribution < 1.29 is 9.47 Å². The maximum atomic E-state index is 9.93. The molecule has 3 nitrogen and oxygen atoms in total. The second kappa shape index (κ2) is 5.42. The van der Waals surface area contributed by atoms with Gasteiger partial charge in [0.15, 0.2) is 0 Å². The summed E-state index contributed by atoms with van der Waals surface area (Å²) in [5, 5.41) is 9.93. The summed E-state index contributed by atoms with van der Waals surface area (Å²) in [7, 11) is 0. The molecule has 0 spiro atoms.